The molecule has 0 aliphatic rings. The number of hydrogen-bond donors (Lipinski definition) is 1. The van der Waals surface area contributed by atoms with Crippen molar-refractivity contribution in [2.24, 2.45) is 5.73 Å². The van der Waals surface area contributed by atoms with Crippen molar-refractivity contribution in [1.82, 2.24) is 4.90 Å². The molecule has 0 amide bonds. The van der Waals surface area contributed by atoms with E-state index in [-0.39, 0.29) is 11.9 Å². The van der Waals surface area contributed by atoms with E-state index in [0.717, 1.165) is 13.1 Å². The van der Waals surface area contributed by atoms with Gasteiger partial charge in [-0.05, 0) is 25.2 Å². The number of hydrogen-bond acceptors (Lipinski definition) is 2. The molecule has 1 rings (SSSR count). The maximum Gasteiger partial charge on any atom is 0.129 e. The Hall–Kier alpha value is -0.640. The molecule has 0 unspecified atom stereocenters. The molecule has 2 nitrogen and oxygen atoms in total. The Morgan fingerprint density at radius 3 is 2.44 bits per heavy atom. The minimum atomic E-state index is -0.283. The first-order valence-electron chi connectivity index (χ1n) is 5.53. The smallest absolute Gasteiger partial charge is 0.129 e. The summed E-state index contributed by atoms with van der Waals surface area (Å²) in [7, 11) is 0. The van der Waals surface area contributed by atoms with Crippen molar-refractivity contribution in [3.8, 4) is 0 Å². The van der Waals surface area contributed by atoms with Gasteiger partial charge in [-0.2, -0.15) is 0 Å². The fraction of sp³-hybridized carbons (Fsp3) is 0.500. The van der Waals surface area contributed by atoms with Gasteiger partial charge in [0.25, 0.3) is 0 Å². The molecule has 1 aromatic rings. The predicted octanol–water partition coefficient (Wildman–Crippen LogP) is 2.82. The lowest BCUT2D eigenvalue weighted by molar-refractivity contribution is 0.219. The third kappa shape index (κ3) is 2.73. The fourth-order valence-corrected chi connectivity index (χ4v) is 2.23. The molecule has 4 heteroatoms. The van der Waals surface area contributed by atoms with E-state index in [1.54, 1.807) is 12.1 Å². The lowest BCUT2D eigenvalue weighted by Crippen LogP contribution is -2.34. The lowest BCUT2D eigenvalue weighted by atomic mass is 10.0. The fourth-order valence-electron chi connectivity index (χ4n) is 1.94. The summed E-state index contributed by atoms with van der Waals surface area (Å²) in [6.07, 6.45) is 0. The minimum Gasteiger partial charge on any atom is -0.329 e. The Morgan fingerprint density at radius 2 is 2.00 bits per heavy atom. The van der Waals surface area contributed by atoms with E-state index in [9.17, 15) is 4.39 Å². The zero-order valence-corrected chi connectivity index (χ0v) is 10.5. The summed E-state index contributed by atoms with van der Waals surface area (Å²) in [6, 6.07) is 4.58. The summed E-state index contributed by atoms with van der Waals surface area (Å²) in [4.78, 5) is 2.10. The first-order valence-corrected chi connectivity index (χ1v) is 5.91. The monoisotopic (exact) mass is 244 g/mol. The highest BCUT2D eigenvalue weighted by Gasteiger charge is 2.22. The van der Waals surface area contributed by atoms with E-state index < -0.39 is 0 Å². The quantitative estimate of drug-likeness (QED) is 0.863. The van der Waals surface area contributed by atoms with E-state index in [4.69, 9.17) is 17.3 Å². The van der Waals surface area contributed by atoms with Crippen molar-refractivity contribution < 1.29 is 4.39 Å². The van der Waals surface area contributed by atoms with Gasteiger partial charge < -0.3 is 5.73 Å². The molecule has 0 aliphatic heterocycles. The third-order valence-electron chi connectivity index (χ3n) is 2.81. The maximum absolute atomic E-state index is 13.8. The van der Waals surface area contributed by atoms with E-state index in [0.29, 0.717) is 17.1 Å². The number of rotatable bonds is 5. The second kappa shape index (κ2) is 6.18. The molecule has 0 heterocycles. The molecule has 0 radical (unpaired) electrons. The van der Waals surface area contributed by atoms with Crippen LogP contribution in [0.4, 0.5) is 4.39 Å². The van der Waals surface area contributed by atoms with Crippen LogP contribution in [0.25, 0.3) is 0 Å². The normalized spacial score (nSPS) is 13.1. The molecule has 0 aromatic heterocycles. The molecular weight excluding hydrogens is 227 g/mol. The second-order valence-corrected chi connectivity index (χ2v) is 4.02. The maximum atomic E-state index is 13.8. The second-order valence-electron chi connectivity index (χ2n) is 3.61. The molecule has 0 aliphatic carbocycles. The highest BCUT2D eigenvalue weighted by Crippen LogP contribution is 2.29. The van der Waals surface area contributed by atoms with Crippen molar-refractivity contribution in [3.63, 3.8) is 0 Å². The van der Waals surface area contributed by atoms with E-state index in [1.807, 2.05) is 13.8 Å². The molecule has 0 bridgehead atoms. The zero-order valence-electron chi connectivity index (χ0n) is 9.71. The number of likely N-dealkylation sites (N-methyl/N-ethyl adjacent to an activating group) is 1. The predicted molar refractivity (Wildman–Crippen MR) is 66.1 cm³/mol. The molecule has 90 valence electrons. The van der Waals surface area contributed by atoms with Gasteiger partial charge in [0.05, 0.1) is 6.04 Å². The van der Waals surface area contributed by atoms with Crippen molar-refractivity contribution >= 4 is 11.6 Å². The number of benzene rings is 1. The van der Waals surface area contributed by atoms with Gasteiger partial charge in [0.15, 0.2) is 0 Å². The van der Waals surface area contributed by atoms with Crippen LogP contribution >= 0.6 is 11.6 Å². The van der Waals surface area contributed by atoms with Crippen LogP contribution in [0.5, 0.6) is 0 Å². The van der Waals surface area contributed by atoms with Gasteiger partial charge in [-0.1, -0.05) is 31.5 Å². The summed E-state index contributed by atoms with van der Waals surface area (Å²) in [6.45, 7) is 6.07. The SMILES string of the molecule is CCN(CC)[C@H](CN)c1c(F)cccc1Cl. The Morgan fingerprint density at radius 1 is 1.38 bits per heavy atom. The summed E-state index contributed by atoms with van der Waals surface area (Å²) in [5, 5.41) is 0.447. The van der Waals surface area contributed by atoms with Crippen LogP contribution in [0.1, 0.15) is 25.5 Å². The average Bonchev–Trinajstić information content (AvgIpc) is 2.28. The molecule has 1 aromatic carbocycles. The number of nitrogens with two attached hydrogens (primary N) is 1. The van der Waals surface area contributed by atoms with Gasteiger partial charge in [0, 0.05) is 17.1 Å². The molecule has 16 heavy (non-hydrogen) atoms. The van der Waals surface area contributed by atoms with Gasteiger partial charge in [0.1, 0.15) is 5.82 Å². The average molecular weight is 245 g/mol. The summed E-state index contributed by atoms with van der Waals surface area (Å²) >= 11 is 6.04. The summed E-state index contributed by atoms with van der Waals surface area (Å²) in [5.74, 6) is -0.283. The molecular formula is C12H18ClFN2. The standard InChI is InChI=1S/C12H18ClFN2/c1-3-16(4-2)11(8-15)12-9(13)6-5-7-10(12)14/h5-7,11H,3-4,8,15H2,1-2H3/t11-/m1/s1. The highest BCUT2D eigenvalue weighted by atomic mass is 35.5. The first kappa shape index (κ1) is 13.4. The number of nitrogens with zero attached hydrogens (tertiary/aromatic N) is 1. The molecule has 0 spiro atoms. The zero-order chi connectivity index (χ0) is 12.1. The van der Waals surface area contributed by atoms with E-state index >= 15 is 0 Å². The lowest BCUT2D eigenvalue weighted by Gasteiger charge is -2.29. The van der Waals surface area contributed by atoms with Crippen molar-refractivity contribution in [3.05, 3.63) is 34.6 Å². The highest BCUT2D eigenvalue weighted by molar-refractivity contribution is 6.31. The first-order chi connectivity index (χ1) is 7.65. The van der Waals surface area contributed by atoms with Gasteiger partial charge in [-0.15, -0.1) is 0 Å². The van der Waals surface area contributed by atoms with Crippen molar-refractivity contribution in [2.45, 2.75) is 19.9 Å². The van der Waals surface area contributed by atoms with Gasteiger partial charge in [0.2, 0.25) is 0 Å². The molecule has 1 atom stereocenters. The molecule has 0 fully saturated rings. The van der Waals surface area contributed by atoms with E-state index in [1.165, 1.54) is 6.07 Å². The largest absolute Gasteiger partial charge is 0.329 e. The van der Waals surface area contributed by atoms with Crippen LogP contribution < -0.4 is 5.73 Å². The Bertz CT molecular complexity index is 320. The van der Waals surface area contributed by atoms with Crippen LogP contribution in [-0.2, 0) is 0 Å². The number of halogens is 2. The topological polar surface area (TPSA) is 29.3 Å². The van der Waals surface area contributed by atoms with Gasteiger partial charge in [-0.25, -0.2) is 4.39 Å². The van der Waals surface area contributed by atoms with Crippen molar-refractivity contribution in [1.29, 1.82) is 0 Å². The third-order valence-corrected chi connectivity index (χ3v) is 3.14. The molecule has 0 saturated carbocycles. The Balaban J connectivity index is 3.12. The molecule has 2 N–H and O–H groups in total. The van der Waals surface area contributed by atoms with E-state index in [2.05, 4.69) is 4.90 Å². The van der Waals surface area contributed by atoms with Crippen LogP contribution in [0.15, 0.2) is 18.2 Å². The molecule has 0 saturated heterocycles. The van der Waals surface area contributed by atoms with Gasteiger partial charge in [-0.3, -0.25) is 4.90 Å². The summed E-state index contributed by atoms with van der Waals surface area (Å²) < 4.78 is 13.8. The van der Waals surface area contributed by atoms with Crippen LogP contribution in [0.3, 0.4) is 0 Å². The Kier molecular flexibility index (Phi) is 5.19. The van der Waals surface area contributed by atoms with Gasteiger partial charge >= 0.3 is 0 Å². The van der Waals surface area contributed by atoms with Crippen molar-refractivity contribution in [2.75, 3.05) is 19.6 Å². The van der Waals surface area contributed by atoms with Crippen LogP contribution in [0, 0.1) is 5.82 Å². The summed E-state index contributed by atoms with van der Waals surface area (Å²) in [5.41, 5.74) is 6.24. The Labute approximate surface area is 101 Å². The van der Waals surface area contributed by atoms with Crippen LogP contribution in [0.2, 0.25) is 5.02 Å². The minimum absolute atomic E-state index is 0.149. The van der Waals surface area contributed by atoms with Crippen LogP contribution in [-0.4, -0.2) is 24.5 Å².